The Bertz CT molecular complexity index is 1620. The molecular weight excluding hydrogens is 594 g/mol. The number of ketones is 1. The summed E-state index contributed by atoms with van der Waals surface area (Å²) in [6.45, 7) is 5.88. The lowest BCUT2D eigenvalue weighted by molar-refractivity contribution is -0.139. The van der Waals surface area contributed by atoms with Crippen LogP contribution in [0.15, 0.2) is 39.2 Å². The van der Waals surface area contributed by atoms with Gasteiger partial charge in [-0.15, -0.1) is 11.3 Å². The van der Waals surface area contributed by atoms with Gasteiger partial charge in [-0.05, 0) is 71.6 Å². The predicted molar refractivity (Wildman–Crippen MR) is 173 cm³/mol. The third-order valence-corrected chi connectivity index (χ3v) is 9.65. The first-order chi connectivity index (χ1) is 21.6. The van der Waals surface area contributed by atoms with E-state index in [0.29, 0.717) is 22.8 Å². The molecule has 2 amide bonds. The summed E-state index contributed by atoms with van der Waals surface area (Å²) < 4.78 is 5.48. The number of hydrogen-bond acceptors (Lipinski definition) is 10. The summed E-state index contributed by atoms with van der Waals surface area (Å²) in [7, 11) is 1.72. The summed E-state index contributed by atoms with van der Waals surface area (Å²) in [5.74, 6) is -0.485. The summed E-state index contributed by atoms with van der Waals surface area (Å²) in [6.07, 6.45) is 6.30. The topological polar surface area (TPSA) is 147 Å². The van der Waals surface area contributed by atoms with Gasteiger partial charge in [0.15, 0.2) is 5.75 Å². The van der Waals surface area contributed by atoms with Crippen molar-refractivity contribution < 1.29 is 19.1 Å². The molecule has 0 bridgehead atoms. The highest BCUT2D eigenvalue weighted by Crippen LogP contribution is 2.37. The molecule has 3 atom stereocenters. The van der Waals surface area contributed by atoms with Crippen LogP contribution in [-0.4, -0.2) is 59.3 Å². The van der Waals surface area contributed by atoms with Crippen LogP contribution in [0.1, 0.15) is 92.8 Å². The fourth-order valence-electron chi connectivity index (χ4n) is 6.13. The van der Waals surface area contributed by atoms with Crippen LogP contribution >= 0.6 is 11.3 Å². The van der Waals surface area contributed by atoms with Gasteiger partial charge in [-0.25, -0.2) is 4.98 Å². The number of hydrogen-bond donors (Lipinski definition) is 3. The molecule has 5 rings (SSSR count). The minimum Gasteiger partial charge on any atom is -0.485 e. The first-order valence-corrected chi connectivity index (χ1v) is 16.6. The van der Waals surface area contributed by atoms with Crippen LogP contribution in [-0.2, 0) is 9.59 Å². The quantitative estimate of drug-likeness (QED) is 0.200. The van der Waals surface area contributed by atoms with Gasteiger partial charge in [0.05, 0.1) is 18.2 Å². The lowest BCUT2D eigenvalue weighted by Crippen LogP contribution is -2.55. The van der Waals surface area contributed by atoms with Crippen LogP contribution in [0.2, 0.25) is 0 Å². The van der Waals surface area contributed by atoms with Crippen molar-refractivity contribution in [3.05, 3.63) is 66.4 Å². The largest absolute Gasteiger partial charge is 0.485 e. The lowest BCUT2D eigenvalue weighted by Gasteiger charge is -2.35. The number of anilines is 2. The second-order valence-electron chi connectivity index (χ2n) is 12.2. The molecule has 11 nitrogen and oxygen atoms in total. The van der Waals surface area contributed by atoms with E-state index in [0.717, 1.165) is 44.9 Å². The zero-order valence-corrected chi connectivity index (χ0v) is 27.0. The van der Waals surface area contributed by atoms with E-state index < -0.39 is 22.9 Å². The van der Waals surface area contributed by atoms with E-state index in [1.807, 2.05) is 4.90 Å². The predicted octanol–water partition coefficient (Wildman–Crippen LogP) is 3.84. The van der Waals surface area contributed by atoms with Crippen LogP contribution in [0.5, 0.6) is 5.75 Å². The third kappa shape index (κ3) is 7.01. The molecule has 1 aliphatic carbocycles. The molecule has 0 spiro atoms. The van der Waals surface area contributed by atoms with Crippen molar-refractivity contribution >= 4 is 40.3 Å². The number of likely N-dealkylation sites (N-methyl/N-ethyl adjacent to an activating group) is 1. The molecule has 12 heteroatoms. The Balaban J connectivity index is 1.32. The highest BCUT2D eigenvalue weighted by atomic mass is 32.1. The summed E-state index contributed by atoms with van der Waals surface area (Å²) >= 11 is 1.35. The Kier molecular flexibility index (Phi) is 10.1. The Labute approximate surface area is 266 Å². The first kappa shape index (κ1) is 32.5. The van der Waals surface area contributed by atoms with Crippen LogP contribution in [0, 0.1) is 5.92 Å². The third-order valence-electron chi connectivity index (χ3n) is 8.70. The summed E-state index contributed by atoms with van der Waals surface area (Å²) in [5.41, 5.74) is -0.169. The van der Waals surface area contributed by atoms with Crippen molar-refractivity contribution in [2.45, 2.75) is 89.9 Å². The van der Waals surface area contributed by atoms with E-state index in [9.17, 15) is 24.0 Å². The van der Waals surface area contributed by atoms with Gasteiger partial charge in [-0.3, -0.25) is 24.0 Å². The summed E-state index contributed by atoms with van der Waals surface area (Å²) in [6, 6.07) is 5.37. The van der Waals surface area contributed by atoms with Crippen molar-refractivity contribution in [1.82, 2.24) is 20.5 Å². The number of likely N-dealkylation sites (tertiary alicyclic amines) is 1. The molecule has 3 N–H and O–H groups in total. The summed E-state index contributed by atoms with van der Waals surface area (Å²) in [4.78, 5) is 71.0. The van der Waals surface area contributed by atoms with Crippen molar-refractivity contribution in [2.75, 3.05) is 18.9 Å². The molecule has 2 aromatic carbocycles. The molecule has 2 heterocycles. The lowest BCUT2D eigenvalue weighted by atomic mass is 9.83. The molecule has 3 aromatic rings. The molecular formula is C33H41N5O6S. The van der Waals surface area contributed by atoms with Gasteiger partial charge >= 0.3 is 0 Å². The number of ether oxygens (including phenoxy) is 1. The van der Waals surface area contributed by atoms with Crippen molar-refractivity contribution in [2.24, 2.45) is 5.92 Å². The molecule has 45 heavy (non-hydrogen) atoms. The zero-order valence-electron chi connectivity index (χ0n) is 26.2. The number of nitrogens with zero attached hydrogens (tertiary/aromatic N) is 2. The van der Waals surface area contributed by atoms with E-state index in [1.54, 1.807) is 57.5 Å². The number of nitrogens with one attached hydrogen (secondary N) is 3. The molecule has 1 aliphatic heterocycles. The Hall–Kier alpha value is -3.90. The van der Waals surface area contributed by atoms with Crippen molar-refractivity contribution in [3.8, 4) is 5.75 Å². The zero-order chi connectivity index (χ0) is 32.2. The van der Waals surface area contributed by atoms with Crippen LogP contribution < -0.4 is 31.5 Å². The SMILES string of the molecule is CNC(C)C(=O)NC(C(=O)N1CCCC1c1nc(C(=O)c2cccc(Nc3c(OC(C)C)c(=O)c3=O)c2)cs1)C1CCCCC1. The number of thiazole rings is 1. The van der Waals surface area contributed by atoms with Crippen LogP contribution in [0.25, 0.3) is 0 Å². The van der Waals surface area contributed by atoms with Crippen molar-refractivity contribution in [3.63, 3.8) is 0 Å². The molecule has 240 valence electrons. The maximum atomic E-state index is 14.1. The maximum absolute atomic E-state index is 14.1. The number of rotatable bonds is 12. The molecule has 2 aliphatic rings. The second kappa shape index (κ2) is 14.0. The fourth-order valence-corrected chi connectivity index (χ4v) is 7.08. The van der Waals surface area contributed by atoms with Gasteiger partial charge in [-0.1, -0.05) is 31.4 Å². The minimum atomic E-state index is -0.673. The standard InChI is InChI=1S/C33H41N5O6S/c1-18(2)44-30-26(28(40)29(30)41)35-22-13-8-12-21(16-22)27(39)23-17-45-32(36-23)24-14-9-15-38(24)33(43)25(20-10-6-5-7-11-20)37-31(42)19(3)34-4/h8,12-13,16-20,24-25,34-35H,5-7,9-11,14-15H2,1-4H3,(H,37,42). The highest BCUT2D eigenvalue weighted by molar-refractivity contribution is 7.10. The Morgan fingerprint density at radius 2 is 1.78 bits per heavy atom. The monoisotopic (exact) mass is 635 g/mol. The number of carbonyl (C=O) groups excluding carboxylic acids is 3. The van der Waals surface area contributed by atoms with E-state index >= 15 is 0 Å². The molecule has 2 fully saturated rings. The smallest absolute Gasteiger partial charge is 0.272 e. The molecule has 1 saturated heterocycles. The maximum Gasteiger partial charge on any atom is 0.272 e. The molecule has 1 saturated carbocycles. The minimum absolute atomic E-state index is 0.00614. The van der Waals surface area contributed by atoms with E-state index in [2.05, 4.69) is 20.9 Å². The number of carbonyl (C=O) groups is 3. The van der Waals surface area contributed by atoms with Gasteiger partial charge in [-0.2, -0.15) is 0 Å². The molecule has 1 aromatic heterocycles. The Morgan fingerprint density at radius 3 is 2.49 bits per heavy atom. The first-order valence-electron chi connectivity index (χ1n) is 15.7. The fraction of sp³-hybridized carbons (Fsp3) is 0.515. The number of benzene rings is 1. The number of amides is 2. The van der Waals surface area contributed by atoms with Gasteiger partial charge in [0.2, 0.25) is 17.6 Å². The molecule has 0 radical (unpaired) electrons. The van der Waals surface area contributed by atoms with Crippen LogP contribution in [0.3, 0.4) is 0 Å². The van der Waals surface area contributed by atoms with Gasteiger partial charge in [0.1, 0.15) is 22.4 Å². The average Bonchev–Trinajstić information content (AvgIpc) is 3.75. The number of aromatic nitrogens is 1. The van der Waals surface area contributed by atoms with Gasteiger partial charge in [0, 0.05) is 23.2 Å². The van der Waals surface area contributed by atoms with E-state index in [1.165, 1.54) is 11.3 Å². The normalized spacial score (nSPS) is 18.6. The average molecular weight is 636 g/mol. The van der Waals surface area contributed by atoms with Gasteiger partial charge in [0.25, 0.3) is 10.9 Å². The van der Waals surface area contributed by atoms with E-state index in [4.69, 9.17) is 4.74 Å². The summed E-state index contributed by atoms with van der Waals surface area (Å²) in [5, 5.41) is 11.3. The van der Waals surface area contributed by atoms with E-state index in [-0.39, 0.29) is 52.8 Å². The highest BCUT2D eigenvalue weighted by Gasteiger charge is 2.40. The van der Waals surface area contributed by atoms with Gasteiger partial charge < -0.3 is 25.6 Å². The van der Waals surface area contributed by atoms with Crippen LogP contribution in [0.4, 0.5) is 11.4 Å². The Morgan fingerprint density at radius 1 is 1.02 bits per heavy atom. The second-order valence-corrected chi connectivity index (χ2v) is 13.1. The van der Waals surface area contributed by atoms with Crippen molar-refractivity contribution in [1.29, 1.82) is 0 Å². The molecule has 3 unspecified atom stereocenters.